The summed E-state index contributed by atoms with van der Waals surface area (Å²) in [4.78, 5) is 42.8. The molecule has 0 bridgehead atoms. The van der Waals surface area contributed by atoms with Gasteiger partial charge in [0.05, 0.1) is 37.3 Å². The van der Waals surface area contributed by atoms with Crippen LogP contribution in [0.5, 0.6) is 11.5 Å². The number of rotatable bonds is 12. The Bertz CT molecular complexity index is 1480. The summed E-state index contributed by atoms with van der Waals surface area (Å²) in [5.74, 6) is 0.925. The van der Waals surface area contributed by atoms with Crippen molar-refractivity contribution in [2.24, 2.45) is 0 Å². The Hall–Kier alpha value is -3.77. The molecule has 2 aliphatic heterocycles. The average Bonchev–Trinajstić information content (AvgIpc) is 3.00. The Balaban J connectivity index is 1.43. The standard InChI is InChI=1S/C30H36F2N4O6/c31-28(32)8-14-41-25-4-5-27-26(19-25)29(38)35(30(39)36(27)23-6-9-34(21-37)10-7-23)20-22-2-1-3-24(18-22)42-17-13-33-11-15-40-16-12-33/h1-5,18-19,21,23,28H,6-17,20H2. The van der Waals surface area contributed by atoms with Gasteiger partial charge in [-0.05, 0) is 48.7 Å². The smallest absolute Gasteiger partial charge is 0.332 e. The van der Waals surface area contributed by atoms with Gasteiger partial charge >= 0.3 is 5.69 Å². The molecule has 226 valence electrons. The van der Waals surface area contributed by atoms with Crippen molar-refractivity contribution in [2.75, 3.05) is 59.2 Å². The fraction of sp³-hybridized carbons (Fsp3) is 0.500. The summed E-state index contributed by atoms with van der Waals surface area (Å²) in [6.45, 7) is 5.27. The summed E-state index contributed by atoms with van der Waals surface area (Å²) in [6.07, 6.45) is -1.00. The molecule has 2 aromatic carbocycles. The lowest BCUT2D eigenvalue weighted by Gasteiger charge is -2.31. The molecule has 0 aliphatic carbocycles. The van der Waals surface area contributed by atoms with Crippen LogP contribution in [0.15, 0.2) is 52.1 Å². The van der Waals surface area contributed by atoms with Gasteiger partial charge in [-0.2, -0.15) is 0 Å². The third kappa shape index (κ3) is 7.16. The van der Waals surface area contributed by atoms with Gasteiger partial charge in [-0.25, -0.2) is 13.6 Å². The number of fused-ring (bicyclic) bond motifs is 1. The van der Waals surface area contributed by atoms with Gasteiger partial charge in [0.2, 0.25) is 12.8 Å². The maximum atomic E-state index is 13.9. The van der Waals surface area contributed by atoms with Gasteiger partial charge in [0.25, 0.3) is 5.56 Å². The number of carbonyl (C=O) groups is 1. The van der Waals surface area contributed by atoms with E-state index in [0.29, 0.717) is 57.0 Å². The predicted octanol–water partition coefficient (Wildman–Crippen LogP) is 2.75. The van der Waals surface area contributed by atoms with Crippen LogP contribution in [0, 0.1) is 0 Å². The van der Waals surface area contributed by atoms with Gasteiger partial charge < -0.3 is 19.1 Å². The summed E-state index contributed by atoms with van der Waals surface area (Å²) < 4.78 is 45.0. The molecule has 3 aromatic rings. The van der Waals surface area contributed by atoms with E-state index in [1.807, 2.05) is 24.3 Å². The quantitative estimate of drug-likeness (QED) is 0.301. The molecule has 2 fully saturated rings. The van der Waals surface area contributed by atoms with Crippen molar-refractivity contribution in [1.29, 1.82) is 0 Å². The van der Waals surface area contributed by atoms with Crippen LogP contribution in [0.4, 0.5) is 8.78 Å². The zero-order valence-corrected chi connectivity index (χ0v) is 23.5. The average molecular weight is 587 g/mol. The van der Waals surface area contributed by atoms with Crippen molar-refractivity contribution < 1.29 is 27.8 Å². The first-order valence-corrected chi connectivity index (χ1v) is 14.3. The van der Waals surface area contributed by atoms with Crippen LogP contribution >= 0.6 is 0 Å². The second-order valence-corrected chi connectivity index (χ2v) is 10.6. The molecular formula is C30H36F2N4O6. The molecule has 0 radical (unpaired) electrons. The van der Waals surface area contributed by atoms with E-state index >= 15 is 0 Å². The van der Waals surface area contributed by atoms with E-state index in [4.69, 9.17) is 14.2 Å². The van der Waals surface area contributed by atoms with Crippen LogP contribution < -0.4 is 20.7 Å². The highest BCUT2D eigenvalue weighted by Gasteiger charge is 2.25. The van der Waals surface area contributed by atoms with E-state index < -0.39 is 24.1 Å². The third-order valence-corrected chi connectivity index (χ3v) is 7.78. The molecule has 42 heavy (non-hydrogen) atoms. The van der Waals surface area contributed by atoms with E-state index in [2.05, 4.69) is 4.90 Å². The number of likely N-dealkylation sites (tertiary alicyclic amines) is 1. The highest BCUT2D eigenvalue weighted by molar-refractivity contribution is 5.80. The minimum atomic E-state index is -2.50. The van der Waals surface area contributed by atoms with Crippen molar-refractivity contribution >= 4 is 17.3 Å². The third-order valence-electron chi connectivity index (χ3n) is 7.78. The lowest BCUT2D eigenvalue weighted by atomic mass is 10.0. The lowest BCUT2D eigenvalue weighted by molar-refractivity contribution is -0.119. The van der Waals surface area contributed by atoms with Crippen LogP contribution in [0.2, 0.25) is 0 Å². The van der Waals surface area contributed by atoms with Gasteiger partial charge in [-0.15, -0.1) is 0 Å². The Morgan fingerprint density at radius 1 is 0.952 bits per heavy atom. The van der Waals surface area contributed by atoms with E-state index in [-0.39, 0.29) is 30.3 Å². The number of hydrogen-bond acceptors (Lipinski definition) is 7. The van der Waals surface area contributed by atoms with Crippen LogP contribution in [0.1, 0.15) is 30.9 Å². The minimum absolute atomic E-state index is 0.0257. The first kappa shape index (κ1) is 29.7. The van der Waals surface area contributed by atoms with E-state index in [0.717, 1.165) is 31.6 Å². The van der Waals surface area contributed by atoms with Gasteiger partial charge in [0.1, 0.15) is 18.1 Å². The number of carbonyl (C=O) groups excluding carboxylic acids is 1. The Morgan fingerprint density at radius 3 is 2.43 bits per heavy atom. The minimum Gasteiger partial charge on any atom is -0.493 e. The van der Waals surface area contributed by atoms with Crippen molar-refractivity contribution in [3.63, 3.8) is 0 Å². The molecule has 1 aromatic heterocycles. The van der Waals surface area contributed by atoms with Crippen LogP contribution in [0.25, 0.3) is 10.9 Å². The number of aromatic nitrogens is 2. The van der Waals surface area contributed by atoms with Gasteiger partial charge in [-0.3, -0.25) is 23.6 Å². The van der Waals surface area contributed by atoms with Crippen LogP contribution in [0.3, 0.4) is 0 Å². The van der Waals surface area contributed by atoms with Crippen molar-refractivity contribution in [3.8, 4) is 11.5 Å². The lowest BCUT2D eigenvalue weighted by Crippen LogP contribution is -2.44. The van der Waals surface area contributed by atoms with E-state index in [1.165, 1.54) is 10.6 Å². The molecule has 0 atom stereocenters. The molecule has 2 saturated heterocycles. The molecule has 5 rings (SSSR count). The number of morpholine rings is 1. The second-order valence-electron chi connectivity index (χ2n) is 10.6. The zero-order valence-electron chi connectivity index (χ0n) is 23.5. The predicted molar refractivity (Wildman–Crippen MR) is 153 cm³/mol. The molecule has 0 spiro atoms. The fourth-order valence-corrected chi connectivity index (χ4v) is 5.49. The monoisotopic (exact) mass is 586 g/mol. The Kier molecular flexibility index (Phi) is 9.85. The van der Waals surface area contributed by atoms with Gasteiger partial charge in [0, 0.05) is 45.2 Å². The van der Waals surface area contributed by atoms with Crippen LogP contribution in [-0.4, -0.2) is 90.9 Å². The largest absolute Gasteiger partial charge is 0.493 e. The molecule has 3 heterocycles. The summed E-state index contributed by atoms with van der Waals surface area (Å²) >= 11 is 0. The number of ether oxygens (including phenoxy) is 3. The first-order chi connectivity index (χ1) is 20.4. The molecule has 10 nitrogen and oxygen atoms in total. The van der Waals surface area contributed by atoms with Gasteiger partial charge in [-0.1, -0.05) is 12.1 Å². The maximum Gasteiger partial charge on any atom is 0.332 e. The van der Waals surface area contributed by atoms with Crippen LogP contribution in [-0.2, 0) is 16.1 Å². The summed E-state index contributed by atoms with van der Waals surface area (Å²) in [7, 11) is 0. The number of amides is 1. The molecule has 0 saturated carbocycles. The summed E-state index contributed by atoms with van der Waals surface area (Å²) in [6, 6.07) is 11.8. The van der Waals surface area contributed by atoms with E-state index in [1.54, 1.807) is 21.6 Å². The first-order valence-electron chi connectivity index (χ1n) is 14.3. The Morgan fingerprint density at radius 2 is 1.69 bits per heavy atom. The summed E-state index contributed by atoms with van der Waals surface area (Å²) in [5.41, 5.74) is 0.243. The number of nitrogens with zero attached hydrogens (tertiary/aromatic N) is 4. The highest BCUT2D eigenvalue weighted by Crippen LogP contribution is 2.26. The SMILES string of the molecule is O=CN1CCC(n2c(=O)n(Cc3cccc(OCCN4CCOCC4)c3)c(=O)c3cc(OCCC(F)F)ccc32)CC1. The van der Waals surface area contributed by atoms with Crippen molar-refractivity contribution in [2.45, 2.75) is 38.3 Å². The fourth-order valence-electron chi connectivity index (χ4n) is 5.49. The number of alkyl halides is 2. The zero-order chi connectivity index (χ0) is 29.5. The topological polar surface area (TPSA) is 95.2 Å². The highest BCUT2D eigenvalue weighted by atomic mass is 19.3. The maximum absolute atomic E-state index is 13.9. The molecule has 0 N–H and O–H groups in total. The summed E-state index contributed by atoms with van der Waals surface area (Å²) in [5, 5.41) is 0.264. The van der Waals surface area contributed by atoms with Crippen molar-refractivity contribution in [1.82, 2.24) is 18.9 Å². The Labute approximate surface area is 242 Å². The molecule has 0 unspecified atom stereocenters. The van der Waals surface area contributed by atoms with Gasteiger partial charge in [0.15, 0.2) is 0 Å². The second kappa shape index (κ2) is 13.9. The normalized spacial score (nSPS) is 16.7. The number of piperidine rings is 1. The number of benzene rings is 2. The van der Waals surface area contributed by atoms with E-state index in [9.17, 15) is 23.2 Å². The molecule has 1 amide bonds. The number of hydrogen-bond donors (Lipinski definition) is 0. The number of halogens is 2. The van der Waals surface area contributed by atoms with Crippen molar-refractivity contribution in [3.05, 3.63) is 68.9 Å². The molecule has 2 aliphatic rings. The molecule has 12 heteroatoms. The molecular weight excluding hydrogens is 550 g/mol.